The van der Waals surface area contributed by atoms with Crippen LogP contribution >= 0.6 is 0 Å². The lowest BCUT2D eigenvalue weighted by molar-refractivity contribution is 0.0950. The molecule has 3 aromatic carbocycles. The number of carbonyl (C=O) groups is 2. The van der Waals surface area contributed by atoms with Gasteiger partial charge in [0.2, 0.25) is 0 Å². The van der Waals surface area contributed by atoms with E-state index in [1.54, 1.807) is 0 Å². The number of piperidine rings is 1. The summed E-state index contributed by atoms with van der Waals surface area (Å²) in [5.74, 6) is 0.134. The number of rotatable bonds is 6. The second kappa shape index (κ2) is 11.0. The molecule has 4 rings (SSSR count). The first-order valence-electron chi connectivity index (χ1n) is 12.1. The van der Waals surface area contributed by atoms with Crippen molar-refractivity contribution in [1.29, 1.82) is 0 Å². The lowest BCUT2D eigenvalue weighted by Gasteiger charge is -2.33. The molecule has 1 atom stereocenters. The zero-order valence-electron chi connectivity index (χ0n) is 20.0. The molecule has 1 aliphatic heterocycles. The van der Waals surface area contributed by atoms with Crippen molar-refractivity contribution in [2.45, 2.75) is 45.6 Å². The number of benzene rings is 3. The summed E-state index contributed by atoms with van der Waals surface area (Å²) >= 11 is 0. The molecule has 0 radical (unpaired) electrons. The number of urea groups is 1. The first-order valence-corrected chi connectivity index (χ1v) is 12.1. The predicted molar refractivity (Wildman–Crippen MR) is 137 cm³/mol. The summed E-state index contributed by atoms with van der Waals surface area (Å²) in [6.07, 6.45) is 2.92. The topological polar surface area (TPSA) is 61.4 Å². The Bertz CT molecular complexity index is 1120. The molecule has 2 N–H and O–H groups in total. The van der Waals surface area contributed by atoms with Crippen molar-refractivity contribution < 1.29 is 9.59 Å². The van der Waals surface area contributed by atoms with Gasteiger partial charge in [-0.1, -0.05) is 61.0 Å². The Morgan fingerprint density at radius 2 is 1.71 bits per heavy atom. The van der Waals surface area contributed by atoms with Gasteiger partial charge in [0.15, 0.2) is 0 Å². The van der Waals surface area contributed by atoms with Crippen molar-refractivity contribution in [3.63, 3.8) is 0 Å². The highest BCUT2D eigenvalue weighted by atomic mass is 16.2. The average Bonchev–Trinajstić information content (AvgIpc) is 2.88. The van der Waals surface area contributed by atoms with E-state index in [9.17, 15) is 9.59 Å². The zero-order valence-corrected chi connectivity index (χ0v) is 20.0. The van der Waals surface area contributed by atoms with Crippen LogP contribution in [0.25, 0.3) is 0 Å². The molecule has 0 aromatic heterocycles. The van der Waals surface area contributed by atoms with Crippen molar-refractivity contribution in [2.24, 2.45) is 0 Å². The third kappa shape index (κ3) is 6.04. The maximum atomic E-state index is 12.9. The van der Waals surface area contributed by atoms with E-state index in [4.69, 9.17) is 0 Å². The van der Waals surface area contributed by atoms with Crippen LogP contribution in [-0.2, 0) is 13.0 Å². The van der Waals surface area contributed by atoms with Crippen LogP contribution in [0.1, 0.15) is 58.3 Å². The van der Waals surface area contributed by atoms with Crippen LogP contribution < -0.4 is 10.6 Å². The van der Waals surface area contributed by atoms with Crippen molar-refractivity contribution >= 4 is 17.6 Å². The van der Waals surface area contributed by atoms with Crippen molar-refractivity contribution in [3.05, 3.63) is 101 Å². The molecule has 1 heterocycles. The molecule has 1 aliphatic rings. The average molecular weight is 456 g/mol. The SMILES string of the molecule is CCc1ccc(NC(=O)N2CCCC(c3cccc(C(=O)NCc4ccc(C)cc4)c3)C2)cc1. The lowest BCUT2D eigenvalue weighted by Crippen LogP contribution is -2.41. The quantitative estimate of drug-likeness (QED) is 0.486. The Morgan fingerprint density at radius 1 is 0.971 bits per heavy atom. The highest BCUT2D eigenvalue weighted by molar-refractivity contribution is 5.94. The molecule has 5 heteroatoms. The number of nitrogens with one attached hydrogen (secondary N) is 2. The van der Waals surface area contributed by atoms with E-state index in [2.05, 4.69) is 23.6 Å². The van der Waals surface area contributed by atoms with Gasteiger partial charge in [-0.15, -0.1) is 0 Å². The second-order valence-corrected chi connectivity index (χ2v) is 9.06. The summed E-state index contributed by atoms with van der Waals surface area (Å²) in [5.41, 5.74) is 6.10. The first kappa shape index (κ1) is 23.6. The standard InChI is InChI=1S/C29H33N3O2/c1-3-22-13-15-27(16-14-22)31-29(34)32-17-5-8-26(20-32)24-6-4-7-25(18-24)28(33)30-19-23-11-9-21(2)10-12-23/h4,6-7,9-16,18,26H,3,5,8,17,19-20H2,1-2H3,(H,30,33)(H,31,34). The monoisotopic (exact) mass is 455 g/mol. The van der Waals surface area contributed by atoms with Gasteiger partial charge in [0, 0.05) is 36.8 Å². The van der Waals surface area contributed by atoms with Crippen molar-refractivity contribution in [1.82, 2.24) is 10.2 Å². The van der Waals surface area contributed by atoms with Gasteiger partial charge in [0.1, 0.15) is 0 Å². The third-order valence-corrected chi connectivity index (χ3v) is 6.52. The summed E-state index contributed by atoms with van der Waals surface area (Å²) in [6.45, 7) is 6.05. The van der Waals surface area contributed by atoms with Crippen LogP contribution in [0.3, 0.4) is 0 Å². The minimum atomic E-state index is -0.0802. The van der Waals surface area contributed by atoms with Crippen LogP contribution in [0.5, 0.6) is 0 Å². The zero-order chi connectivity index (χ0) is 23.9. The van der Waals surface area contributed by atoms with Gasteiger partial charge in [0.25, 0.3) is 5.91 Å². The number of likely N-dealkylation sites (tertiary alicyclic amines) is 1. The van der Waals surface area contributed by atoms with Gasteiger partial charge in [0.05, 0.1) is 0 Å². The van der Waals surface area contributed by atoms with Crippen LogP contribution in [-0.4, -0.2) is 29.9 Å². The minimum absolute atomic E-state index is 0.0686. The third-order valence-electron chi connectivity index (χ3n) is 6.52. The summed E-state index contributed by atoms with van der Waals surface area (Å²) in [7, 11) is 0. The maximum absolute atomic E-state index is 12.9. The maximum Gasteiger partial charge on any atom is 0.321 e. The Hall–Kier alpha value is -3.60. The summed E-state index contributed by atoms with van der Waals surface area (Å²) < 4.78 is 0. The Morgan fingerprint density at radius 3 is 2.44 bits per heavy atom. The van der Waals surface area contributed by atoms with Crippen LogP contribution in [0.4, 0.5) is 10.5 Å². The molecule has 34 heavy (non-hydrogen) atoms. The number of amides is 3. The molecule has 176 valence electrons. The Labute approximate surface area is 202 Å². The van der Waals surface area contributed by atoms with Crippen LogP contribution in [0.15, 0.2) is 72.8 Å². The normalized spacial score (nSPS) is 15.6. The fraction of sp³-hybridized carbons (Fsp3) is 0.310. The van der Waals surface area contributed by atoms with Crippen molar-refractivity contribution in [3.8, 4) is 0 Å². The molecule has 5 nitrogen and oxygen atoms in total. The fourth-order valence-electron chi connectivity index (χ4n) is 4.38. The van der Waals surface area contributed by atoms with Gasteiger partial charge >= 0.3 is 6.03 Å². The van der Waals surface area contributed by atoms with E-state index in [0.29, 0.717) is 18.7 Å². The van der Waals surface area contributed by atoms with Gasteiger partial charge in [-0.2, -0.15) is 0 Å². The van der Waals surface area contributed by atoms with E-state index in [0.717, 1.165) is 42.6 Å². The van der Waals surface area contributed by atoms with E-state index in [-0.39, 0.29) is 17.9 Å². The number of hydrogen-bond donors (Lipinski definition) is 2. The second-order valence-electron chi connectivity index (χ2n) is 9.06. The summed E-state index contributed by atoms with van der Waals surface area (Å²) in [4.78, 5) is 27.5. The van der Waals surface area contributed by atoms with E-state index in [1.807, 2.05) is 78.6 Å². The molecular formula is C29H33N3O2. The van der Waals surface area contributed by atoms with Gasteiger partial charge in [-0.25, -0.2) is 4.79 Å². The van der Waals surface area contributed by atoms with Crippen LogP contribution in [0.2, 0.25) is 0 Å². The molecule has 0 aliphatic carbocycles. The number of aryl methyl sites for hydroxylation is 2. The van der Waals surface area contributed by atoms with Gasteiger partial charge in [-0.3, -0.25) is 4.79 Å². The molecule has 0 saturated carbocycles. The van der Waals surface area contributed by atoms with E-state index in [1.165, 1.54) is 11.1 Å². The number of anilines is 1. The lowest BCUT2D eigenvalue weighted by atomic mass is 9.89. The molecule has 0 bridgehead atoms. The first-order chi connectivity index (χ1) is 16.5. The molecule has 3 amide bonds. The van der Waals surface area contributed by atoms with E-state index < -0.39 is 0 Å². The van der Waals surface area contributed by atoms with Gasteiger partial charge in [-0.05, 0) is 67.1 Å². The number of carbonyl (C=O) groups excluding carboxylic acids is 2. The smallest absolute Gasteiger partial charge is 0.321 e. The fourth-order valence-corrected chi connectivity index (χ4v) is 4.38. The molecule has 1 fully saturated rings. The Balaban J connectivity index is 1.36. The highest BCUT2D eigenvalue weighted by Gasteiger charge is 2.25. The van der Waals surface area contributed by atoms with Crippen LogP contribution in [0, 0.1) is 6.92 Å². The van der Waals surface area contributed by atoms with Gasteiger partial charge < -0.3 is 15.5 Å². The molecule has 1 saturated heterocycles. The summed E-state index contributed by atoms with van der Waals surface area (Å²) in [6, 6.07) is 23.9. The summed E-state index contributed by atoms with van der Waals surface area (Å²) in [5, 5.41) is 6.04. The number of nitrogens with zero attached hydrogens (tertiary/aromatic N) is 1. The minimum Gasteiger partial charge on any atom is -0.348 e. The predicted octanol–water partition coefficient (Wildman–Crippen LogP) is 5.90. The molecular weight excluding hydrogens is 422 g/mol. The van der Waals surface area contributed by atoms with Crippen molar-refractivity contribution in [2.75, 3.05) is 18.4 Å². The largest absolute Gasteiger partial charge is 0.348 e. The highest BCUT2D eigenvalue weighted by Crippen LogP contribution is 2.28. The number of hydrogen-bond acceptors (Lipinski definition) is 2. The molecule has 3 aromatic rings. The van der Waals surface area contributed by atoms with E-state index >= 15 is 0 Å². The molecule has 0 spiro atoms. The molecule has 1 unspecified atom stereocenters. The Kier molecular flexibility index (Phi) is 7.63.